The van der Waals surface area contributed by atoms with E-state index in [0.29, 0.717) is 17.7 Å². The Kier molecular flexibility index (Phi) is 5.18. The van der Waals surface area contributed by atoms with Crippen molar-refractivity contribution in [3.05, 3.63) is 35.4 Å². The zero-order valence-corrected chi connectivity index (χ0v) is 9.94. The minimum absolute atomic E-state index is 0.0168. The van der Waals surface area contributed by atoms with Gasteiger partial charge < -0.3 is 11.1 Å². The first kappa shape index (κ1) is 13.2. The molecule has 90 valence electrons. The number of nitrogens with zero attached hydrogens (tertiary/aromatic N) is 1. The molecule has 1 atom stereocenters. The van der Waals surface area contributed by atoms with E-state index in [1.54, 1.807) is 24.3 Å². The van der Waals surface area contributed by atoms with Crippen LogP contribution in [0, 0.1) is 11.3 Å². The Labute approximate surface area is 101 Å². The monoisotopic (exact) mass is 231 g/mol. The SMILES string of the molecule is CCCC(CN)NC(=O)c1ccc(C#N)cc1. The van der Waals surface area contributed by atoms with Gasteiger partial charge in [0.1, 0.15) is 0 Å². The fourth-order valence-corrected chi connectivity index (χ4v) is 1.56. The van der Waals surface area contributed by atoms with E-state index in [2.05, 4.69) is 12.2 Å². The summed E-state index contributed by atoms with van der Waals surface area (Å²) in [6.45, 7) is 2.49. The minimum atomic E-state index is -0.140. The standard InChI is InChI=1S/C13H17N3O/c1-2-3-12(9-15)16-13(17)11-6-4-10(8-14)5-7-11/h4-7,12H,2-3,9,15H2,1H3,(H,16,17). The van der Waals surface area contributed by atoms with E-state index < -0.39 is 0 Å². The predicted octanol–water partition coefficient (Wildman–Crippen LogP) is 1.42. The maximum absolute atomic E-state index is 11.8. The number of hydrogen-bond acceptors (Lipinski definition) is 3. The normalized spacial score (nSPS) is 11.6. The second-order valence-corrected chi connectivity index (χ2v) is 3.88. The molecule has 4 heteroatoms. The molecule has 0 aliphatic carbocycles. The van der Waals surface area contributed by atoms with Crippen LogP contribution in [0.1, 0.15) is 35.7 Å². The van der Waals surface area contributed by atoms with Gasteiger partial charge in [-0.05, 0) is 30.7 Å². The summed E-state index contributed by atoms with van der Waals surface area (Å²) in [4.78, 5) is 11.8. The number of carbonyl (C=O) groups excluding carboxylic acids is 1. The number of carbonyl (C=O) groups is 1. The van der Waals surface area contributed by atoms with Crippen LogP contribution in [0.5, 0.6) is 0 Å². The Balaban J connectivity index is 2.66. The van der Waals surface area contributed by atoms with Gasteiger partial charge in [0.05, 0.1) is 11.6 Å². The Hall–Kier alpha value is -1.86. The van der Waals surface area contributed by atoms with Gasteiger partial charge in [0, 0.05) is 18.2 Å². The number of benzene rings is 1. The summed E-state index contributed by atoms with van der Waals surface area (Å²) < 4.78 is 0. The van der Waals surface area contributed by atoms with Crippen LogP contribution in [-0.4, -0.2) is 18.5 Å². The number of nitriles is 1. The maximum Gasteiger partial charge on any atom is 0.251 e. The summed E-state index contributed by atoms with van der Waals surface area (Å²) in [5, 5.41) is 11.5. The van der Waals surface area contributed by atoms with Crippen molar-refractivity contribution in [2.45, 2.75) is 25.8 Å². The highest BCUT2D eigenvalue weighted by Crippen LogP contribution is 2.04. The van der Waals surface area contributed by atoms with Gasteiger partial charge in [0.15, 0.2) is 0 Å². The molecule has 0 bridgehead atoms. The van der Waals surface area contributed by atoms with Gasteiger partial charge in [-0.2, -0.15) is 5.26 Å². The lowest BCUT2D eigenvalue weighted by Crippen LogP contribution is -2.40. The van der Waals surface area contributed by atoms with Crippen LogP contribution < -0.4 is 11.1 Å². The topological polar surface area (TPSA) is 78.9 Å². The van der Waals surface area contributed by atoms with Crippen LogP contribution in [0.2, 0.25) is 0 Å². The van der Waals surface area contributed by atoms with Gasteiger partial charge in [0.2, 0.25) is 0 Å². The summed E-state index contributed by atoms with van der Waals surface area (Å²) in [5.74, 6) is -0.140. The molecule has 1 unspecified atom stereocenters. The molecule has 0 fully saturated rings. The highest BCUT2D eigenvalue weighted by molar-refractivity contribution is 5.94. The number of nitrogens with one attached hydrogen (secondary N) is 1. The van der Waals surface area contributed by atoms with Crippen LogP contribution in [0.25, 0.3) is 0 Å². The summed E-state index contributed by atoms with van der Waals surface area (Å²) >= 11 is 0. The van der Waals surface area contributed by atoms with E-state index in [1.807, 2.05) is 6.07 Å². The van der Waals surface area contributed by atoms with Crippen molar-refractivity contribution in [2.75, 3.05) is 6.54 Å². The lowest BCUT2D eigenvalue weighted by Gasteiger charge is -2.15. The third-order valence-electron chi connectivity index (χ3n) is 2.53. The van der Waals surface area contributed by atoms with Crippen molar-refractivity contribution in [1.29, 1.82) is 5.26 Å². The van der Waals surface area contributed by atoms with Gasteiger partial charge in [0.25, 0.3) is 5.91 Å². The molecule has 0 aromatic heterocycles. The number of hydrogen-bond donors (Lipinski definition) is 2. The molecule has 1 rings (SSSR count). The fourth-order valence-electron chi connectivity index (χ4n) is 1.56. The van der Waals surface area contributed by atoms with E-state index in [-0.39, 0.29) is 11.9 Å². The summed E-state index contributed by atoms with van der Waals surface area (Å²) in [7, 11) is 0. The first-order valence-corrected chi connectivity index (χ1v) is 5.72. The van der Waals surface area contributed by atoms with E-state index in [0.717, 1.165) is 12.8 Å². The first-order chi connectivity index (χ1) is 8.21. The van der Waals surface area contributed by atoms with E-state index in [1.165, 1.54) is 0 Å². The van der Waals surface area contributed by atoms with Crippen molar-refractivity contribution in [1.82, 2.24) is 5.32 Å². The van der Waals surface area contributed by atoms with Gasteiger partial charge in [-0.1, -0.05) is 13.3 Å². The Morgan fingerprint density at radius 1 is 1.47 bits per heavy atom. The molecule has 1 amide bonds. The summed E-state index contributed by atoms with van der Waals surface area (Å²) in [6, 6.07) is 8.59. The van der Waals surface area contributed by atoms with Crippen molar-refractivity contribution >= 4 is 5.91 Å². The fraction of sp³-hybridized carbons (Fsp3) is 0.385. The summed E-state index contributed by atoms with van der Waals surface area (Å²) in [5.41, 5.74) is 6.67. The second-order valence-electron chi connectivity index (χ2n) is 3.88. The molecular weight excluding hydrogens is 214 g/mol. The Morgan fingerprint density at radius 3 is 2.59 bits per heavy atom. The molecule has 0 radical (unpaired) electrons. The van der Waals surface area contributed by atoms with E-state index in [4.69, 9.17) is 11.0 Å². The third kappa shape index (κ3) is 3.89. The van der Waals surface area contributed by atoms with Gasteiger partial charge >= 0.3 is 0 Å². The van der Waals surface area contributed by atoms with Gasteiger partial charge in [-0.15, -0.1) is 0 Å². The highest BCUT2D eigenvalue weighted by Gasteiger charge is 2.11. The smallest absolute Gasteiger partial charge is 0.251 e. The molecule has 0 spiro atoms. The molecule has 0 aliphatic rings. The molecule has 0 saturated carbocycles. The van der Waals surface area contributed by atoms with Crippen LogP contribution >= 0.6 is 0 Å². The van der Waals surface area contributed by atoms with Crippen molar-refractivity contribution in [3.63, 3.8) is 0 Å². The quantitative estimate of drug-likeness (QED) is 0.804. The van der Waals surface area contributed by atoms with Crippen LogP contribution in [0.4, 0.5) is 0 Å². The average Bonchev–Trinajstić information content (AvgIpc) is 2.38. The lowest BCUT2D eigenvalue weighted by atomic mass is 10.1. The summed E-state index contributed by atoms with van der Waals surface area (Å²) in [6.07, 6.45) is 1.86. The first-order valence-electron chi connectivity index (χ1n) is 5.72. The van der Waals surface area contributed by atoms with Crippen LogP contribution in [0.15, 0.2) is 24.3 Å². The second kappa shape index (κ2) is 6.66. The largest absolute Gasteiger partial charge is 0.348 e. The van der Waals surface area contributed by atoms with Gasteiger partial charge in [-0.3, -0.25) is 4.79 Å². The molecule has 3 N–H and O–H groups in total. The van der Waals surface area contributed by atoms with Crippen molar-refractivity contribution in [2.24, 2.45) is 5.73 Å². The Morgan fingerprint density at radius 2 is 2.12 bits per heavy atom. The third-order valence-corrected chi connectivity index (χ3v) is 2.53. The molecule has 0 heterocycles. The average molecular weight is 231 g/mol. The predicted molar refractivity (Wildman–Crippen MR) is 66.4 cm³/mol. The zero-order chi connectivity index (χ0) is 12.7. The van der Waals surface area contributed by atoms with E-state index >= 15 is 0 Å². The molecule has 4 nitrogen and oxygen atoms in total. The molecule has 1 aromatic rings. The van der Waals surface area contributed by atoms with E-state index in [9.17, 15) is 4.79 Å². The van der Waals surface area contributed by atoms with Crippen LogP contribution in [0.3, 0.4) is 0 Å². The molecule has 0 saturated heterocycles. The van der Waals surface area contributed by atoms with Crippen LogP contribution in [-0.2, 0) is 0 Å². The molecule has 0 aliphatic heterocycles. The lowest BCUT2D eigenvalue weighted by molar-refractivity contribution is 0.0936. The molecule has 1 aromatic carbocycles. The van der Waals surface area contributed by atoms with Crippen molar-refractivity contribution in [3.8, 4) is 6.07 Å². The number of amides is 1. The highest BCUT2D eigenvalue weighted by atomic mass is 16.1. The van der Waals surface area contributed by atoms with Gasteiger partial charge in [-0.25, -0.2) is 0 Å². The minimum Gasteiger partial charge on any atom is -0.348 e. The molecular formula is C13H17N3O. The zero-order valence-electron chi connectivity index (χ0n) is 9.94. The number of rotatable bonds is 5. The maximum atomic E-state index is 11.8. The number of nitrogens with two attached hydrogens (primary N) is 1. The van der Waals surface area contributed by atoms with Crippen molar-refractivity contribution < 1.29 is 4.79 Å². The molecule has 17 heavy (non-hydrogen) atoms. The Bertz CT molecular complexity index is 406.